The van der Waals surface area contributed by atoms with Crippen LogP contribution in [0.5, 0.6) is 5.75 Å². The molecule has 25 heavy (non-hydrogen) atoms. The zero-order valence-corrected chi connectivity index (χ0v) is 14.0. The van der Waals surface area contributed by atoms with E-state index in [9.17, 15) is 14.3 Å². The van der Waals surface area contributed by atoms with Crippen molar-refractivity contribution in [3.8, 4) is 5.75 Å². The molecule has 1 fully saturated rings. The van der Waals surface area contributed by atoms with Crippen LogP contribution >= 0.6 is 0 Å². The minimum absolute atomic E-state index is 0.00424. The van der Waals surface area contributed by atoms with Gasteiger partial charge in [-0.05, 0) is 30.5 Å². The average molecular weight is 343 g/mol. The highest BCUT2D eigenvalue weighted by molar-refractivity contribution is 5.79. The topological polar surface area (TPSA) is 49.8 Å². The van der Waals surface area contributed by atoms with E-state index >= 15 is 0 Å². The summed E-state index contributed by atoms with van der Waals surface area (Å²) in [4.78, 5) is 14.4. The predicted octanol–water partition coefficient (Wildman–Crippen LogP) is 3.28. The van der Waals surface area contributed by atoms with Crippen LogP contribution in [0.1, 0.15) is 24.0 Å². The monoisotopic (exact) mass is 343 g/mol. The Morgan fingerprint density at radius 1 is 1.16 bits per heavy atom. The average Bonchev–Trinajstić information content (AvgIpc) is 3.11. The van der Waals surface area contributed by atoms with Gasteiger partial charge in [-0.25, -0.2) is 4.39 Å². The number of carbonyl (C=O) groups is 1. The van der Waals surface area contributed by atoms with Crippen molar-refractivity contribution >= 4 is 5.91 Å². The molecule has 1 saturated heterocycles. The number of hydrogen-bond donors (Lipinski definition) is 1. The lowest BCUT2D eigenvalue weighted by Gasteiger charge is -2.26. The molecule has 4 nitrogen and oxygen atoms in total. The van der Waals surface area contributed by atoms with Gasteiger partial charge in [0.05, 0.1) is 12.5 Å². The lowest BCUT2D eigenvalue weighted by atomic mass is 10.1. The van der Waals surface area contributed by atoms with E-state index in [0.29, 0.717) is 24.3 Å². The van der Waals surface area contributed by atoms with Crippen molar-refractivity contribution in [2.45, 2.75) is 31.9 Å². The van der Waals surface area contributed by atoms with Crippen LogP contribution in [0.4, 0.5) is 4.39 Å². The maximum absolute atomic E-state index is 13.9. The summed E-state index contributed by atoms with van der Waals surface area (Å²) in [5.41, 5.74) is 1.05. The molecule has 1 N–H and O–H groups in total. The number of aromatic hydroxyl groups is 1. The highest BCUT2D eigenvalue weighted by atomic mass is 19.1. The van der Waals surface area contributed by atoms with Crippen molar-refractivity contribution in [1.29, 1.82) is 0 Å². The van der Waals surface area contributed by atoms with Crippen molar-refractivity contribution in [2.24, 2.45) is 0 Å². The number of ether oxygens (including phenoxy) is 1. The fourth-order valence-corrected chi connectivity index (χ4v) is 3.06. The third-order valence-corrected chi connectivity index (χ3v) is 4.45. The van der Waals surface area contributed by atoms with Gasteiger partial charge in [-0.15, -0.1) is 0 Å². The molecule has 1 aliphatic heterocycles. The van der Waals surface area contributed by atoms with Gasteiger partial charge in [-0.1, -0.05) is 36.4 Å². The summed E-state index contributed by atoms with van der Waals surface area (Å²) in [5, 5.41) is 10.0. The van der Waals surface area contributed by atoms with Crippen LogP contribution in [0.2, 0.25) is 0 Å². The molecule has 0 aliphatic carbocycles. The van der Waals surface area contributed by atoms with Gasteiger partial charge in [0.15, 0.2) is 0 Å². The summed E-state index contributed by atoms with van der Waals surface area (Å²) in [6.45, 7) is 1.43. The van der Waals surface area contributed by atoms with Gasteiger partial charge in [0.2, 0.25) is 5.91 Å². The molecule has 0 aromatic heterocycles. The van der Waals surface area contributed by atoms with Crippen LogP contribution < -0.4 is 0 Å². The molecule has 2 aromatic carbocycles. The second-order valence-electron chi connectivity index (χ2n) is 6.31. The zero-order valence-electron chi connectivity index (χ0n) is 14.0. The SMILES string of the molecule is O=C(Cc1ccccc1F)N(Cc1ccccc1O)C[C@H]1CCCO1. The molecule has 0 bridgehead atoms. The van der Waals surface area contributed by atoms with E-state index in [4.69, 9.17) is 4.74 Å². The molecule has 1 atom stereocenters. The van der Waals surface area contributed by atoms with Crippen LogP contribution in [-0.2, 0) is 22.5 Å². The number of nitrogens with zero attached hydrogens (tertiary/aromatic N) is 1. The van der Waals surface area contributed by atoms with Crippen LogP contribution in [0, 0.1) is 5.82 Å². The molecule has 3 rings (SSSR count). The number of carbonyl (C=O) groups excluding carboxylic acids is 1. The summed E-state index contributed by atoms with van der Waals surface area (Å²) in [6, 6.07) is 13.3. The lowest BCUT2D eigenvalue weighted by molar-refractivity contribution is -0.132. The minimum atomic E-state index is -0.379. The first-order valence-corrected chi connectivity index (χ1v) is 8.53. The van der Waals surface area contributed by atoms with Crippen LogP contribution in [0.3, 0.4) is 0 Å². The maximum Gasteiger partial charge on any atom is 0.227 e. The standard InChI is InChI=1S/C20H22FNO3/c21-18-9-3-1-6-15(18)12-20(24)22(14-17-8-5-11-25-17)13-16-7-2-4-10-19(16)23/h1-4,6-7,9-10,17,23H,5,8,11-14H2/t17-/m1/s1. The van der Waals surface area contributed by atoms with Gasteiger partial charge in [0.25, 0.3) is 0 Å². The zero-order chi connectivity index (χ0) is 17.6. The molecular weight excluding hydrogens is 321 g/mol. The van der Waals surface area contributed by atoms with Crippen molar-refractivity contribution < 1.29 is 19.0 Å². The first-order valence-electron chi connectivity index (χ1n) is 8.53. The maximum atomic E-state index is 13.9. The molecule has 0 saturated carbocycles. The van der Waals surface area contributed by atoms with Crippen molar-refractivity contribution in [2.75, 3.05) is 13.2 Å². The van der Waals surface area contributed by atoms with Gasteiger partial charge < -0.3 is 14.7 Å². The highest BCUT2D eigenvalue weighted by Gasteiger charge is 2.24. The molecule has 0 unspecified atom stereocenters. The summed E-state index contributed by atoms with van der Waals surface area (Å²) < 4.78 is 19.5. The van der Waals surface area contributed by atoms with E-state index in [0.717, 1.165) is 12.8 Å². The summed E-state index contributed by atoms with van der Waals surface area (Å²) in [7, 11) is 0. The van der Waals surface area contributed by atoms with E-state index in [1.807, 2.05) is 6.07 Å². The second-order valence-corrected chi connectivity index (χ2v) is 6.31. The van der Waals surface area contributed by atoms with Gasteiger partial charge >= 0.3 is 0 Å². The molecule has 132 valence electrons. The van der Waals surface area contributed by atoms with E-state index in [-0.39, 0.29) is 36.5 Å². The number of amides is 1. The minimum Gasteiger partial charge on any atom is -0.508 e. The molecule has 1 amide bonds. The van der Waals surface area contributed by atoms with Gasteiger partial charge in [-0.2, -0.15) is 0 Å². The summed E-state index contributed by atoms with van der Waals surface area (Å²) in [5.74, 6) is -0.405. The first kappa shape index (κ1) is 17.4. The quantitative estimate of drug-likeness (QED) is 0.876. The number of benzene rings is 2. The molecule has 1 heterocycles. The van der Waals surface area contributed by atoms with E-state index in [1.165, 1.54) is 6.07 Å². The molecule has 2 aromatic rings. The molecular formula is C20H22FNO3. The van der Waals surface area contributed by atoms with E-state index in [1.54, 1.807) is 41.3 Å². The molecule has 0 spiro atoms. The van der Waals surface area contributed by atoms with Crippen molar-refractivity contribution in [3.63, 3.8) is 0 Å². The molecule has 0 radical (unpaired) electrons. The summed E-state index contributed by atoms with van der Waals surface area (Å²) >= 11 is 0. The number of hydrogen-bond acceptors (Lipinski definition) is 3. The second kappa shape index (κ2) is 8.12. The Morgan fingerprint density at radius 3 is 2.56 bits per heavy atom. The van der Waals surface area contributed by atoms with Crippen LogP contribution in [-0.4, -0.2) is 35.2 Å². The van der Waals surface area contributed by atoms with Crippen molar-refractivity contribution in [3.05, 3.63) is 65.5 Å². The van der Waals surface area contributed by atoms with Crippen LogP contribution in [0.25, 0.3) is 0 Å². The van der Waals surface area contributed by atoms with Crippen LogP contribution in [0.15, 0.2) is 48.5 Å². The smallest absolute Gasteiger partial charge is 0.227 e. The van der Waals surface area contributed by atoms with E-state index < -0.39 is 0 Å². The number of halogens is 1. The normalized spacial score (nSPS) is 16.8. The number of rotatable bonds is 6. The van der Waals surface area contributed by atoms with Crippen molar-refractivity contribution in [1.82, 2.24) is 4.90 Å². The highest BCUT2D eigenvalue weighted by Crippen LogP contribution is 2.21. The Balaban J connectivity index is 1.76. The largest absolute Gasteiger partial charge is 0.508 e. The Hall–Kier alpha value is -2.40. The third-order valence-electron chi connectivity index (χ3n) is 4.45. The fraction of sp³-hybridized carbons (Fsp3) is 0.350. The van der Waals surface area contributed by atoms with Gasteiger partial charge in [-0.3, -0.25) is 4.79 Å². The Morgan fingerprint density at radius 2 is 1.88 bits per heavy atom. The Bertz CT molecular complexity index is 728. The van der Waals surface area contributed by atoms with Gasteiger partial charge in [0, 0.05) is 25.3 Å². The number of phenols is 1. The lowest BCUT2D eigenvalue weighted by Crippen LogP contribution is -2.38. The number of para-hydroxylation sites is 1. The Kier molecular flexibility index (Phi) is 5.66. The van der Waals surface area contributed by atoms with Gasteiger partial charge in [0.1, 0.15) is 11.6 Å². The first-order chi connectivity index (χ1) is 12.1. The number of phenolic OH excluding ortho intramolecular Hbond substituents is 1. The Labute approximate surface area is 146 Å². The fourth-order valence-electron chi connectivity index (χ4n) is 3.06. The molecule has 5 heteroatoms. The van der Waals surface area contributed by atoms with E-state index in [2.05, 4.69) is 0 Å². The summed E-state index contributed by atoms with van der Waals surface area (Å²) in [6.07, 6.45) is 1.88. The third kappa shape index (κ3) is 4.57. The predicted molar refractivity (Wildman–Crippen MR) is 92.6 cm³/mol. The molecule has 1 aliphatic rings.